The van der Waals surface area contributed by atoms with Gasteiger partial charge in [-0.05, 0) is 68.3 Å². The smallest absolute Gasteiger partial charge is 0.271 e. The summed E-state index contributed by atoms with van der Waals surface area (Å²) in [4.78, 5) is 12.7. The van der Waals surface area contributed by atoms with E-state index in [1.54, 1.807) is 30.5 Å². The molecule has 37 heavy (non-hydrogen) atoms. The van der Waals surface area contributed by atoms with Crippen LogP contribution in [0, 0.1) is 20.8 Å². The highest BCUT2D eigenvalue weighted by Gasteiger charge is 2.18. The van der Waals surface area contributed by atoms with Gasteiger partial charge in [-0.1, -0.05) is 48.5 Å². The molecule has 3 aromatic carbocycles. The molecule has 0 bridgehead atoms. The molecule has 0 aliphatic heterocycles. The molecular weight excluding hydrogens is 484 g/mol. The molecule has 1 amide bonds. The van der Waals surface area contributed by atoms with Gasteiger partial charge < -0.3 is 4.57 Å². The Morgan fingerprint density at radius 3 is 2.24 bits per heavy atom. The number of carbonyl (C=O) groups is 1. The highest BCUT2D eigenvalue weighted by Crippen LogP contribution is 2.23. The van der Waals surface area contributed by atoms with Gasteiger partial charge in [0.1, 0.15) is 0 Å². The van der Waals surface area contributed by atoms with Crippen molar-refractivity contribution in [2.75, 3.05) is 10.6 Å². The van der Waals surface area contributed by atoms with Crippen LogP contribution in [-0.4, -0.2) is 31.4 Å². The van der Waals surface area contributed by atoms with E-state index in [-0.39, 0.29) is 12.5 Å². The number of aromatic nitrogens is 1. The zero-order chi connectivity index (χ0) is 26.6. The minimum absolute atomic E-state index is 0.205. The highest BCUT2D eigenvalue weighted by molar-refractivity contribution is 7.92. The number of para-hydroxylation sites is 1. The number of nitrogens with zero attached hydrogens (tertiary/aromatic N) is 3. The summed E-state index contributed by atoms with van der Waals surface area (Å²) in [6, 6.07) is 26.0. The van der Waals surface area contributed by atoms with Crippen molar-refractivity contribution in [3.8, 4) is 5.69 Å². The molecule has 0 fully saturated rings. The van der Waals surface area contributed by atoms with Gasteiger partial charge in [0.2, 0.25) is 10.0 Å². The summed E-state index contributed by atoms with van der Waals surface area (Å²) in [5.74, 6) is -0.385. The van der Waals surface area contributed by atoms with E-state index in [0.717, 1.165) is 28.2 Å². The first-order valence-corrected chi connectivity index (χ1v) is 13.7. The maximum atomic E-state index is 12.7. The number of hydrogen-bond donors (Lipinski definition) is 1. The number of nitrogens with one attached hydrogen (secondary N) is 1. The van der Waals surface area contributed by atoms with E-state index in [1.807, 2.05) is 62.4 Å². The fraction of sp³-hybridized carbons (Fsp3) is 0.172. The van der Waals surface area contributed by atoms with Gasteiger partial charge in [-0.2, -0.15) is 5.10 Å². The van der Waals surface area contributed by atoms with E-state index in [1.165, 1.54) is 16.1 Å². The predicted octanol–water partition coefficient (Wildman–Crippen LogP) is 5.13. The number of carbonyl (C=O) groups excluding carboxylic acids is 1. The molecule has 0 aliphatic carbocycles. The summed E-state index contributed by atoms with van der Waals surface area (Å²) in [7, 11) is -3.52. The molecular formula is C29H30N4O3S. The minimum atomic E-state index is -3.52. The van der Waals surface area contributed by atoms with Gasteiger partial charge >= 0.3 is 0 Å². The molecule has 1 heterocycles. The number of sulfonamides is 1. The largest absolute Gasteiger partial charge is 0.318 e. The van der Waals surface area contributed by atoms with Crippen molar-refractivity contribution in [2.45, 2.75) is 27.3 Å². The third-order valence-electron chi connectivity index (χ3n) is 6.18. The molecule has 0 aliphatic rings. The van der Waals surface area contributed by atoms with Crippen molar-refractivity contribution in [3.05, 3.63) is 119 Å². The van der Waals surface area contributed by atoms with Crippen LogP contribution in [0.15, 0.2) is 90.0 Å². The number of benzene rings is 3. The van der Waals surface area contributed by atoms with Gasteiger partial charge in [0, 0.05) is 28.2 Å². The van der Waals surface area contributed by atoms with Gasteiger partial charge in [0.25, 0.3) is 5.91 Å². The lowest BCUT2D eigenvalue weighted by atomic mass is 10.2. The highest BCUT2D eigenvalue weighted by atomic mass is 32.2. The van der Waals surface area contributed by atoms with E-state index >= 15 is 0 Å². The molecule has 0 saturated heterocycles. The minimum Gasteiger partial charge on any atom is -0.318 e. The van der Waals surface area contributed by atoms with E-state index in [0.29, 0.717) is 11.3 Å². The lowest BCUT2D eigenvalue weighted by Crippen LogP contribution is -2.29. The van der Waals surface area contributed by atoms with Gasteiger partial charge in [-0.25, -0.2) is 13.8 Å². The second kappa shape index (κ2) is 10.8. The molecule has 8 heteroatoms. The summed E-state index contributed by atoms with van der Waals surface area (Å²) in [6.07, 6.45) is 2.80. The van der Waals surface area contributed by atoms with Crippen molar-refractivity contribution in [2.24, 2.45) is 5.10 Å². The Balaban J connectivity index is 1.47. The first kappa shape index (κ1) is 25.9. The van der Waals surface area contributed by atoms with E-state index < -0.39 is 10.0 Å². The second-order valence-corrected chi connectivity index (χ2v) is 10.9. The van der Waals surface area contributed by atoms with Gasteiger partial charge in [0.05, 0.1) is 24.7 Å². The van der Waals surface area contributed by atoms with Gasteiger partial charge in [0.15, 0.2) is 0 Å². The Bertz CT molecular complexity index is 1540. The topological polar surface area (TPSA) is 83.8 Å². The third-order valence-corrected chi connectivity index (χ3v) is 7.32. The van der Waals surface area contributed by atoms with Crippen LogP contribution in [0.5, 0.6) is 0 Å². The molecule has 190 valence electrons. The van der Waals surface area contributed by atoms with E-state index in [4.69, 9.17) is 0 Å². The molecule has 0 saturated carbocycles. The molecule has 1 aromatic heterocycles. The normalized spacial score (nSPS) is 11.6. The second-order valence-electron chi connectivity index (χ2n) is 8.95. The van der Waals surface area contributed by atoms with Crippen molar-refractivity contribution in [3.63, 3.8) is 0 Å². The molecule has 4 rings (SSSR count). The zero-order valence-corrected chi connectivity index (χ0v) is 22.2. The quantitative estimate of drug-likeness (QED) is 0.261. The van der Waals surface area contributed by atoms with E-state index in [9.17, 15) is 13.2 Å². The average Bonchev–Trinajstić information content (AvgIpc) is 3.15. The first-order chi connectivity index (χ1) is 17.6. The summed E-state index contributed by atoms with van der Waals surface area (Å²) in [5.41, 5.74) is 9.56. The van der Waals surface area contributed by atoms with Gasteiger partial charge in [-0.15, -0.1) is 0 Å². The lowest BCUT2D eigenvalue weighted by Gasteiger charge is -2.22. The summed E-state index contributed by atoms with van der Waals surface area (Å²) >= 11 is 0. The maximum Gasteiger partial charge on any atom is 0.271 e. The Kier molecular flexibility index (Phi) is 7.59. The van der Waals surface area contributed by atoms with Crippen LogP contribution in [0.4, 0.5) is 5.69 Å². The maximum absolute atomic E-state index is 12.7. The Morgan fingerprint density at radius 2 is 1.59 bits per heavy atom. The number of rotatable bonds is 8. The Labute approximate surface area is 218 Å². The van der Waals surface area contributed by atoms with Crippen molar-refractivity contribution < 1.29 is 13.2 Å². The van der Waals surface area contributed by atoms with Crippen LogP contribution in [-0.2, 0) is 16.6 Å². The molecule has 0 radical (unpaired) electrons. The van der Waals surface area contributed by atoms with Crippen LogP contribution in [0.1, 0.15) is 38.4 Å². The summed E-state index contributed by atoms with van der Waals surface area (Å²) in [5, 5.41) is 4.16. The van der Waals surface area contributed by atoms with Gasteiger partial charge in [-0.3, -0.25) is 9.10 Å². The van der Waals surface area contributed by atoms with Crippen LogP contribution in [0.2, 0.25) is 0 Å². The summed E-state index contributed by atoms with van der Waals surface area (Å²) in [6.45, 7) is 6.33. The third kappa shape index (κ3) is 5.98. The molecule has 0 atom stereocenters. The van der Waals surface area contributed by atoms with Crippen molar-refractivity contribution in [1.82, 2.24) is 9.99 Å². The zero-order valence-electron chi connectivity index (χ0n) is 21.3. The molecule has 0 spiro atoms. The molecule has 4 aromatic rings. The molecule has 0 unspecified atom stereocenters. The van der Waals surface area contributed by atoms with Crippen LogP contribution in [0.3, 0.4) is 0 Å². The van der Waals surface area contributed by atoms with Crippen LogP contribution < -0.4 is 9.73 Å². The number of hydrazone groups is 1. The van der Waals surface area contributed by atoms with E-state index in [2.05, 4.69) is 34.2 Å². The standard InChI is InChI=1S/C29H30N4O3S/c1-21-10-8-9-13-28(21)33-22(2)18-26(23(33)3)19-30-31-29(34)25-14-16-27(17-15-25)32(37(4,35)36)20-24-11-6-5-7-12-24/h5-19H,20H2,1-4H3,(H,31,34)/b30-19-. The summed E-state index contributed by atoms with van der Waals surface area (Å²) < 4.78 is 28.3. The number of anilines is 1. The Morgan fingerprint density at radius 1 is 0.946 bits per heavy atom. The first-order valence-electron chi connectivity index (χ1n) is 11.8. The Hall–Kier alpha value is -4.17. The predicted molar refractivity (Wildman–Crippen MR) is 149 cm³/mol. The number of aryl methyl sites for hydroxylation is 2. The average molecular weight is 515 g/mol. The molecule has 1 N–H and O–H groups in total. The SMILES string of the molecule is Cc1ccccc1-n1c(C)cc(/C=N\NC(=O)c2ccc(N(Cc3ccccc3)S(C)(=O)=O)cc2)c1C. The number of amides is 1. The lowest BCUT2D eigenvalue weighted by molar-refractivity contribution is 0.0955. The fourth-order valence-corrected chi connectivity index (χ4v) is 5.14. The van der Waals surface area contributed by atoms with Crippen LogP contribution in [0.25, 0.3) is 5.69 Å². The van der Waals surface area contributed by atoms with Crippen molar-refractivity contribution in [1.29, 1.82) is 0 Å². The van der Waals surface area contributed by atoms with Crippen LogP contribution >= 0.6 is 0 Å². The number of hydrogen-bond acceptors (Lipinski definition) is 4. The van der Waals surface area contributed by atoms with Crippen molar-refractivity contribution >= 4 is 27.8 Å². The molecule has 7 nitrogen and oxygen atoms in total. The monoisotopic (exact) mass is 514 g/mol. The fourth-order valence-electron chi connectivity index (χ4n) is 4.26.